The Morgan fingerprint density at radius 1 is 1.68 bits per heavy atom. The summed E-state index contributed by atoms with van der Waals surface area (Å²) in [6.45, 7) is 2.85. The van der Waals surface area contributed by atoms with Crippen LogP contribution in [0, 0.1) is 16.0 Å². The predicted octanol–water partition coefficient (Wildman–Crippen LogP) is 0.930. The minimum Gasteiger partial charge on any atom is -0.390 e. The van der Waals surface area contributed by atoms with Gasteiger partial charge in [0, 0.05) is 12.6 Å². The monoisotopic (exact) mass is 268 g/mol. The van der Waals surface area contributed by atoms with Crippen LogP contribution in [0.15, 0.2) is 12.4 Å². The summed E-state index contributed by atoms with van der Waals surface area (Å²) in [4.78, 5) is 10.0. The first-order chi connectivity index (χ1) is 9.04. The molecule has 0 aromatic carbocycles. The first-order valence-corrected chi connectivity index (χ1v) is 6.63. The predicted molar refractivity (Wildman–Crippen MR) is 69.7 cm³/mol. The number of aliphatic hydroxyl groups excluding tert-OH is 1. The lowest BCUT2D eigenvalue weighted by Gasteiger charge is -2.16. The van der Waals surface area contributed by atoms with Crippen LogP contribution in [0.2, 0.25) is 0 Å². The van der Waals surface area contributed by atoms with Crippen molar-refractivity contribution >= 4 is 5.69 Å². The molecule has 0 bridgehead atoms. The van der Waals surface area contributed by atoms with Crippen LogP contribution in [-0.4, -0.2) is 38.5 Å². The number of hydrogen-bond acceptors (Lipinski definition) is 5. The first kappa shape index (κ1) is 14.0. The van der Waals surface area contributed by atoms with Gasteiger partial charge in [-0.05, 0) is 19.3 Å². The quantitative estimate of drug-likeness (QED) is 0.540. The zero-order valence-corrected chi connectivity index (χ0v) is 11.0. The van der Waals surface area contributed by atoms with Gasteiger partial charge in [-0.25, -0.2) is 0 Å². The average Bonchev–Trinajstić information content (AvgIpc) is 3.02. The average molecular weight is 268 g/mol. The molecule has 1 aliphatic rings. The van der Waals surface area contributed by atoms with E-state index in [1.807, 2.05) is 0 Å². The highest BCUT2D eigenvalue weighted by Gasteiger charge is 2.23. The van der Waals surface area contributed by atoms with Crippen LogP contribution in [0.5, 0.6) is 0 Å². The molecule has 2 atom stereocenters. The van der Waals surface area contributed by atoms with E-state index in [0.29, 0.717) is 12.6 Å². The van der Waals surface area contributed by atoms with Crippen molar-refractivity contribution in [3.05, 3.63) is 22.5 Å². The van der Waals surface area contributed by atoms with E-state index in [-0.39, 0.29) is 12.2 Å². The highest BCUT2D eigenvalue weighted by molar-refractivity contribution is 5.20. The molecule has 0 aliphatic heterocycles. The smallest absolute Gasteiger partial charge is 0.306 e. The van der Waals surface area contributed by atoms with Crippen molar-refractivity contribution in [3.8, 4) is 0 Å². The maximum atomic E-state index is 10.5. The second-order valence-electron chi connectivity index (χ2n) is 5.32. The number of aromatic nitrogens is 2. The third-order valence-electron chi connectivity index (χ3n) is 3.31. The molecule has 0 amide bonds. The number of nitrogens with zero attached hydrogens (tertiary/aromatic N) is 3. The fraction of sp³-hybridized carbons (Fsp3) is 0.750. The Bertz CT molecular complexity index is 430. The molecule has 106 valence electrons. The van der Waals surface area contributed by atoms with Gasteiger partial charge in [0.05, 0.1) is 17.6 Å². The molecule has 1 aliphatic carbocycles. The normalized spacial score (nSPS) is 18.2. The molecule has 19 heavy (non-hydrogen) atoms. The third kappa shape index (κ3) is 4.60. The van der Waals surface area contributed by atoms with Gasteiger partial charge in [0.2, 0.25) is 0 Å². The van der Waals surface area contributed by atoms with Gasteiger partial charge in [0.25, 0.3) is 0 Å². The van der Waals surface area contributed by atoms with Gasteiger partial charge in [-0.3, -0.25) is 14.8 Å². The molecule has 2 N–H and O–H groups in total. The van der Waals surface area contributed by atoms with Crippen LogP contribution in [-0.2, 0) is 6.54 Å². The third-order valence-corrected chi connectivity index (χ3v) is 3.31. The Hall–Kier alpha value is -1.47. The molecule has 1 heterocycles. The minimum absolute atomic E-state index is 0.0535. The lowest BCUT2D eigenvalue weighted by atomic mass is 10.1. The summed E-state index contributed by atoms with van der Waals surface area (Å²) in [5.74, 6) is 0.855. The molecule has 7 heteroatoms. The number of hydrogen-bond donors (Lipinski definition) is 2. The van der Waals surface area contributed by atoms with E-state index in [9.17, 15) is 15.2 Å². The van der Waals surface area contributed by atoms with Crippen molar-refractivity contribution in [3.63, 3.8) is 0 Å². The Labute approximate surface area is 111 Å². The van der Waals surface area contributed by atoms with Crippen LogP contribution in [0.1, 0.15) is 26.2 Å². The van der Waals surface area contributed by atoms with Gasteiger partial charge in [0.15, 0.2) is 0 Å². The van der Waals surface area contributed by atoms with Gasteiger partial charge in [-0.2, -0.15) is 5.10 Å². The van der Waals surface area contributed by atoms with Crippen LogP contribution in [0.25, 0.3) is 0 Å². The Morgan fingerprint density at radius 2 is 2.42 bits per heavy atom. The molecular formula is C12H20N4O3. The summed E-state index contributed by atoms with van der Waals surface area (Å²) in [5, 5.41) is 27.5. The van der Waals surface area contributed by atoms with Gasteiger partial charge in [-0.15, -0.1) is 0 Å². The molecule has 0 saturated heterocycles. The van der Waals surface area contributed by atoms with E-state index in [2.05, 4.69) is 17.3 Å². The summed E-state index contributed by atoms with van der Waals surface area (Å²) in [7, 11) is 0. The van der Waals surface area contributed by atoms with Crippen LogP contribution >= 0.6 is 0 Å². The molecule has 2 unspecified atom stereocenters. The maximum Gasteiger partial charge on any atom is 0.306 e. The molecule has 1 aromatic heterocycles. The van der Waals surface area contributed by atoms with Gasteiger partial charge < -0.3 is 10.4 Å². The highest BCUT2D eigenvalue weighted by atomic mass is 16.6. The first-order valence-electron chi connectivity index (χ1n) is 6.63. The van der Waals surface area contributed by atoms with Crippen molar-refractivity contribution in [2.45, 2.75) is 44.9 Å². The molecule has 0 spiro atoms. The van der Waals surface area contributed by atoms with E-state index in [1.165, 1.54) is 29.9 Å². The van der Waals surface area contributed by atoms with Crippen molar-refractivity contribution in [1.82, 2.24) is 15.1 Å². The van der Waals surface area contributed by atoms with E-state index in [1.54, 1.807) is 0 Å². The lowest BCUT2D eigenvalue weighted by molar-refractivity contribution is -0.385. The van der Waals surface area contributed by atoms with Gasteiger partial charge in [-0.1, -0.05) is 12.8 Å². The Morgan fingerprint density at radius 3 is 3.00 bits per heavy atom. The minimum atomic E-state index is -0.596. The summed E-state index contributed by atoms with van der Waals surface area (Å²) in [5.41, 5.74) is -0.0535. The Kier molecular flexibility index (Phi) is 4.49. The van der Waals surface area contributed by atoms with Gasteiger partial charge >= 0.3 is 5.69 Å². The van der Waals surface area contributed by atoms with Crippen LogP contribution < -0.4 is 5.32 Å². The topological polar surface area (TPSA) is 93.2 Å². The molecule has 1 fully saturated rings. The van der Waals surface area contributed by atoms with Crippen LogP contribution in [0.3, 0.4) is 0 Å². The van der Waals surface area contributed by atoms with Crippen LogP contribution in [0.4, 0.5) is 5.69 Å². The zero-order chi connectivity index (χ0) is 13.8. The second-order valence-corrected chi connectivity index (χ2v) is 5.32. The molecule has 2 rings (SSSR count). The molecule has 7 nitrogen and oxygen atoms in total. The van der Waals surface area contributed by atoms with E-state index < -0.39 is 11.0 Å². The number of aliphatic hydroxyl groups is 1. The van der Waals surface area contributed by atoms with E-state index >= 15 is 0 Å². The maximum absolute atomic E-state index is 10.5. The molecular weight excluding hydrogens is 248 g/mol. The lowest BCUT2D eigenvalue weighted by Crippen LogP contribution is -2.36. The molecule has 1 saturated carbocycles. The molecule has 1 aromatic rings. The second kappa shape index (κ2) is 6.12. The van der Waals surface area contributed by atoms with E-state index in [0.717, 1.165) is 12.3 Å². The van der Waals surface area contributed by atoms with Crippen molar-refractivity contribution in [2.75, 3.05) is 6.54 Å². The summed E-state index contributed by atoms with van der Waals surface area (Å²) in [6, 6.07) is 0.397. The highest BCUT2D eigenvalue weighted by Crippen LogP contribution is 2.33. The summed E-state index contributed by atoms with van der Waals surface area (Å²) in [6.07, 6.45) is 5.73. The zero-order valence-electron chi connectivity index (χ0n) is 11.0. The summed E-state index contributed by atoms with van der Waals surface area (Å²) >= 11 is 0. The van der Waals surface area contributed by atoms with Crippen molar-refractivity contribution < 1.29 is 10.0 Å². The molecule has 0 radical (unpaired) electrons. The number of nitrogens with one attached hydrogen (secondary N) is 1. The van der Waals surface area contributed by atoms with E-state index in [4.69, 9.17) is 0 Å². The number of nitro groups is 1. The van der Waals surface area contributed by atoms with Gasteiger partial charge in [0.1, 0.15) is 12.4 Å². The van der Waals surface area contributed by atoms with Crippen molar-refractivity contribution in [1.29, 1.82) is 0 Å². The number of rotatable bonds is 8. The fourth-order valence-corrected chi connectivity index (χ4v) is 2.10. The summed E-state index contributed by atoms with van der Waals surface area (Å²) < 4.78 is 1.40. The Balaban J connectivity index is 1.70. The largest absolute Gasteiger partial charge is 0.390 e. The standard InChI is InChI=1S/C12H20N4O3/c1-9(4-10-2-3-10)13-6-12(17)8-15-7-11(5-14-15)16(18)19/h5,7,9-10,12-13,17H,2-4,6,8H2,1H3. The SMILES string of the molecule is CC(CC1CC1)NCC(O)Cn1cc([N+](=O)[O-])cn1. The van der Waals surface area contributed by atoms with Crippen molar-refractivity contribution in [2.24, 2.45) is 5.92 Å². The fourth-order valence-electron chi connectivity index (χ4n) is 2.10.